The number of esters is 1. The molecule has 0 saturated carbocycles. The lowest BCUT2D eigenvalue weighted by molar-refractivity contribution is -0.127. The van der Waals surface area contributed by atoms with Crippen LogP contribution in [0.4, 0.5) is 0 Å². The molecule has 0 bridgehead atoms. The van der Waals surface area contributed by atoms with E-state index >= 15 is 0 Å². The van der Waals surface area contributed by atoms with Crippen LogP contribution in [0.1, 0.15) is 22.8 Å². The molecule has 0 spiro atoms. The van der Waals surface area contributed by atoms with E-state index in [1.54, 1.807) is 25.1 Å². The zero-order valence-corrected chi connectivity index (χ0v) is 14.5. The Morgan fingerprint density at radius 1 is 1.15 bits per heavy atom. The number of methoxy groups -OCH3 is 1. The lowest BCUT2D eigenvalue weighted by Crippen LogP contribution is -2.35. The summed E-state index contributed by atoms with van der Waals surface area (Å²) in [7, 11) is 1.31. The number of carbonyl (C=O) groups excluding carboxylic acids is 2. The minimum Gasteiger partial charge on any atom is -0.481 e. The molecule has 0 unspecified atom stereocenters. The second-order valence-electron chi connectivity index (χ2n) is 5.68. The van der Waals surface area contributed by atoms with Gasteiger partial charge in [0, 0.05) is 6.54 Å². The monoisotopic (exact) mass is 357 g/mol. The molecule has 7 heteroatoms. The Morgan fingerprint density at radius 2 is 1.96 bits per heavy atom. The fourth-order valence-electron chi connectivity index (χ4n) is 2.46. The highest BCUT2D eigenvalue weighted by molar-refractivity contribution is 5.89. The number of fused-ring (bicyclic) bond motifs is 1. The molecule has 0 fully saturated rings. The van der Waals surface area contributed by atoms with Gasteiger partial charge in [-0.1, -0.05) is 12.1 Å². The van der Waals surface area contributed by atoms with Gasteiger partial charge in [0.25, 0.3) is 5.91 Å². The number of hydrogen-bond acceptors (Lipinski definition) is 6. The first-order valence-corrected chi connectivity index (χ1v) is 8.08. The molecule has 0 radical (unpaired) electrons. The predicted molar refractivity (Wildman–Crippen MR) is 92.3 cm³/mol. The molecule has 1 atom stereocenters. The average molecular weight is 357 g/mol. The van der Waals surface area contributed by atoms with E-state index in [2.05, 4.69) is 10.1 Å². The summed E-state index contributed by atoms with van der Waals surface area (Å²) in [4.78, 5) is 23.8. The molecule has 136 valence electrons. The molecule has 3 rings (SSSR count). The van der Waals surface area contributed by atoms with Gasteiger partial charge in [-0.05, 0) is 42.8 Å². The van der Waals surface area contributed by atoms with Crippen molar-refractivity contribution < 1.29 is 28.5 Å². The highest BCUT2D eigenvalue weighted by Crippen LogP contribution is 2.32. The van der Waals surface area contributed by atoms with Gasteiger partial charge in [0.05, 0.1) is 12.7 Å². The Hall–Kier alpha value is -3.22. The Morgan fingerprint density at radius 3 is 2.77 bits per heavy atom. The summed E-state index contributed by atoms with van der Waals surface area (Å²) in [6.45, 7) is 2.19. The van der Waals surface area contributed by atoms with Crippen molar-refractivity contribution in [3.05, 3.63) is 53.6 Å². The summed E-state index contributed by atoms with van der Waals surface area (Å²) in [5.74, 6) is 1.04. The summed E-state index contributed by atoms with van der Waals surface area (Å²) in [6, 6.07) is 12.0. The number of amides is 1. The normalized spacial score (nSPS) is 13.0. The van der Waals surface area contributed by atoms with Crippen molar-refractivity contribution in [1.29, 1.82) is 0 Å². The summed E-state index contributed by atoms with van der Waals surface area (Å²) in [6.07, 6.45) is -0.725. The number of benzene rings is 2. The maximum absolute atomic E-state index is 12.2. The van der Waals surface area contributed by atoms with Gasteiger partial charge in [-0.15, -0.1) is 0 Å². The lowest BCUT2D eigenvalue weighted by Gasteiger charge is -2.15. The van der Waals surface area contributed by atoms with Crippen LogP contribution in [0.5, 0.6) is 17.2 Å². The Balaban J connectivity index is 1.55. The highest BCUT2D eigenvalue weighted by Gasteiger charge is 2.17. The number of carbonyl (C=O) groups is 2. The molecule has 1 amide bonds. The number of ether oxygens (including phenoxy) is 4. The number of hydrogen-bond donors (Lipinski definition) is 1. The molecule has 0 aromatic heterocycles. The van der Waals surface area contributed by atoms with Gasteiger partial charge in [0.1, 0.15) is 5.75 Å². The smallest absolute Gasteiger partial charge is 0.337 e. The van der Waals surface area contributed by atoms with Crippen molar-refractivity contribution in [2.24, 2.45) is 0 Å². The third-order valence-corrected chi connectivity index (χ3v) is 3.84. The van der Waals surface area contributed by atoms with Gasteiger partial charge in [-0.2, -0.15) is 0 Å². The predicted octanol–water partition coefficient (Wildman–Crippen LogP) is 2.29. The third kappa shape index (κ3) is 4.05. The molecule has 26 heavy (non-hydrogen) atoms. The molecular weight excluding hydrogens is 338 g/mol. The van der Waals surface area contributed by atoms with Crippen molar-refractivity contribution in [2.45, 2.75) is 19.6 Å². The van der Waals surface area contributed by atoms with Crippen LogP contribution in [0, 0.1) is 0 Å². The fourth-order valence-corrected chi connectivity index (χ4v) is 2.46. The first kappa shape index (κ1) is 17.6. The van der Waals surface area contributed by atoms with Crippen molar-refractivity contribution in [3.63, 3.8) is 0 Å². The van der Waals surface area contributed by atoms with Gasteiger partial charge < -0.3 is 24.3 Å². The molecule has 7 nitrogen and oxygen atoms in total. The molecule has 2 aromatic carbocycles. The van der Waals surface area contributed by atoms with Crippen LogP contribution in [0.3, 0.4) is 0 Å². The second-order valence-corrected chi connectivity index (χ2v) is 5.68. The first-order valence-electron chi connectivity index (χ1n) is 8.08. The third-order valence-electron chi connectivity index (χ3n) is 3.84. The van der Waals surface area contributed by atoms with Crippen molar-refractivity contribution in [1.82, 2.24) is 5.32 Å². The van der Waals surface area contributed by atoms with Crippen LogP contribution in [0.2, 0.25) is 0 Å². The maximum atomic E-state index is 12.2. The van der Waals surface area contributed by atoms with E-state index in [-0.39, 0.29) is 12.7 Å². The molecule has 0 aliphatic carbocycles. The number of rotatable bonds is 6. The SMILES string of the molecule is COC(=O)c1cccc(O[C@@H](C)C(=O)NCc2ccc3c(c2)OCO3)c1. The number of nitrogens with one attached hydrogen (secondary N) is 1. The van der Waals surface area contributed by atoms with Gasteiger partial charge >= 0.3 is 5.97 Å². The fraction of sp³-hybridized carbons (Fsp3) is 0.263. The van der Waals surface area contributed by atoms with Gasteiger partial charge in [0.15, 0.2) is 17.6 Å². The van der Waals surface area contributed by atoms with Crippen molar-refractivity contribution in [2.75, 3.05) is 13.9 Å². The zero-order valence-electron chi connectivity index (χ0n) is 14.5. The van der Waals surface area contributed by atoms with E-state index in [0.717, 1.165) is 5.56 Å². The minimum absolute atomic E-state index is 0.209. The Labute approximate surface area is 150 Å². The standard InChI is InChI=1S/C19H19NO6/c1-12(26-15-5-3-4-14(9-15)19(22)23-2)18(21)20-10-13-6-7-16-17(8-13)25-11-24-16/h3-9,12H,10-11H2,1-2H3,(H,20,21)/t12-/m0/s1. The van der Waals surface area contributed by atoms with Gasteiger partial charge in [0.2, 0.25) is 6.79 Å². The highest BCUT2D eigenvalue weighted by atomic mass is 16.7. The maximum Gasteiger partial charge on any atom is 0.337 e. The van der Waals surface area contributed by atoms with Crippen LogP contribution in [0.25, 0.3) is 0 Å². The molecule has 1 heterocycles. The summed E-state index contributed by atoms with van der Waals surface area (Å²) >= 11 is 0. The van der Waals surface area contributed by atoms with Crippen LogP contribution in [-0.4, -0.2) is 31.9 Å². The van der Waals surface area contributed by atoms with Crippen molar-refractivity contribution in [3.8, 4) is 17.2 Å². The summed E-state index contributed by atoms with van der Waals surface area (Å²) in [5.41, 5.74) is 1.25. The van der Waals surface area contributed by atoms with Crippen LogP contribution in [-0.2, 0) is 16.1 Å². The van der Waals surface area contributed by atoms with E-state index in [1.165, 1.54) is 13.2 Å². The first-order chi connectivity index (χ1) is 12.6. The quantitative estimate of drug-likeness (QED) is 0.799. The van der Waals surface area contributed by atoms with Crippen molar-refractivity contribution >= 4 is 11.9 Å². The van der Waals surface area contributed by atoms with E-state index in [4.69, 9.17) is 14.2 Å². The van der Waals surface area contributed by atoms with Gasteiger partial charge in [-0.3, -0.25) is 4.79 Å². The summed E-state index contributed by atoms with van der Waals surface area (Å²) in [5, 5.41) is 2.81. The van der Waals surface area contributed by atoms with Crippen LogP contribution >= 0.6 is 0 Å². The van der Waals surface area contributed by atoms with E-state index < -0.39 is 12.1 Å². The molecule has 1 aliphatic rings. The Bertz CT molecular complexity index is 819. The van der Waals surface area contributed by atoms with Crippen LogP contribution < -0.4 is 19.5 Å². The molecular formula is C19H19NO6. The molecule has 1 aliphatic heterocycles. The van der Waals surface area contributed by atoms with E-state index in [0.29, 0.717) is 29.4 Å². The van der Waals surface area contributed by atoms with E-state index in [1.807, 2.05) is 18.2 Å². The summed E-state index contributed by atoms with van der Waals surface area (Å²) < 4.78 is 20.8. The average Bonchev–Trinajstić information content (AvgIpc) is 3.13. The van der Waals surface area contributed by atoms with Gasteiger partial charge in [-0.25, -0.2) is 4.79 Å². The largest absolute Gasteiger partial charge is 0.481 e. The van der Waals surface area contributed by atoms with E-state index in [9.17, 15) is 9.59 Å². The second kappa shape index (κ2) is 7.77. The molecule has 0 saturated heterocycles. The Kier molecular flexibility index (Phi) is 5.26. The molecule has 2 aromatic rings. The van der Waals surface area contributed by atoms with Crippen LogP contribution in [0.15, 0.2) is 42.5 Å². The minimum atomic E-state index is -0.725. The topological polar surface area (TPSA) is 83.1 Å². The molecule has 1 N–H and O–H groups in total. The zero-order chi connectivity index (χ0) is 18.5. The lowest BCUT2D eigenvalue weighted by atomic mass is 10.2.